The van der Waals surface area contributed by atoms with Gasteiger partial charge in [-0.15, -0.1) is 0 Å². The zero-order chi connectivity index (χ0) is 35.8. The topological polar surface area (TPSA) is 0 Å². The molecule has 0 saturated heterocycles. The average Bonchev–Trinajstić information content (AvgIpc) is 3.85. The van der Waals surface area contributed by atoms with Gasteiger partial charge in [-0.05, 0) is 140 Å². The minimum absolute atomic E-state index is 0.414. The third-order valence-corrected chi connectivity index (χ3v) is 13.0. The largest absolute Gasteiger partial charge is 0.0731 e. The van der Waals surface area contributed by atoms with Crippen LogP contribution in [0.4, 0.5) is 0 Å². The van der Waals surface area contributed by atoms with Crippen LogP contribution in [0.25, 0.3) is 99.1 Å². The average molecular weight is 693 g/mol. The molecule has 10 aromatic rings. The number of benzene rings is 10. The van der Waals surface area contributed by atoms with E-state index in [9.17, 15) is 0 Å². The Hall–Kier alpha value is -7.02. The lowest BCUT2D eigenvalue weighted by molar-refractivity contribution is 0.802. The van der Waals surface area contributed by atoms with Crippen molar-refractivity contribution in [1.29, 1.82) is 0 Å². The van der Waals surface area contributed by atoms with E-state index in [2.05, 4.69) is 194 Å². The van der Waals surface area contributed by atoms with E-state index in [4.69, 9.17) is 0 Å². The highest BCUT2D eigenvalue weighted by molar-refractivity contribution is 6.19. The van der Waals surface area contributed by atoms with Crippen LogP contribution in [-0.2, 0) is 5.41 Å². The van der Waals surface area contributed by atoms with Crippen LogP contribution < -0.4 is 0 Å². The molecule has 0 amide bonds. The van der Waals surface area contributed by atoms with Gasteiger partial charge in [-0.1, -0.05) is 176 Å². The zero-order valence-corrected chi connectivity index (χ0v) is 30.0. The summed E-state index contributed by atoms with van der Waals surface area (Å²) < 4.78 is 0. The second kappa shape index (κ2) is 10.6. The summed E-state index contributed by atoms with van der Waals surface area (Å²) >= 11 is 0. The van der Waals surface area contributed by atoms with Crippen LogP contribution in [-0.4, -0.2) is 0 Å². The Bertz CT molecular complexity index is 3250. The maximum Gasteiger partial charge on any atom is 0.0731 e. The molecule has 0 N–H and O–H groups in total. The van der Waals surface area contributed by atoms with Crippen molar-refractivity contribution >= 4 is 32.3 Å². The maximum absolute atomic E-state index is 2.48. The smallest absolute Gasteiger partial charge is 0.0619 e. The van der Waals surface area contributed by atoms with Crippen LogP contribution in [0.1, 0.15) is 22.3 Å². The van der Waals surface area contributed by atoms with Gasteiger partial charge in [0.25, 0.3) is 0 Å². The van der Waals surface area contributed by atoms with Gasteiger partial charge in [-0.2, -0.15) is 0 Å². The molecule has 0 radical (unpaired) electrons. The first-order chi connectivity index (χ1) is 27.3. The van der Waals surface area contributed by atoms with Gasteiger partial charge in [0.15, 0.2) is 0 Å². The number of hydrogen-bond acceptors (Lipinski definition) is 0. The molecule has 13 rings (SSSR count). The maximum atomic E-state index is 2.48. The van der Waals surface area contributed by atoms with Crippen LogP contribution in [0.15, 0.2) is 194 Å². The zero-order valence-electron chi connectivity index (χ0n) is 30.0. The van der Waals surface area contributed by atoms with E-state index in [1.165, 1.54) is 121 Å². The fourth-order valence-corrected chi connectivity index (χ4v) is 10.8. The van der Waals surface area contributed by atoms with Crippen LogP contribution in [0.5, 0.6) is 0 Å². The second-order valence-electron chi connectivity index (χ2n) is 15.5. The van der Waals surface area contributed by atoms with Gasteiger partial charge < -0.3 is 0 Å². The normalized spacial score (nSPS) is 13.6. The van der Waals surface area contributed by atoms with E-state index < -0.39 is 5.41 Å². The van der Waals surface area contributed by atoms with Gasteiger partial charge in [0.05, 0.1) is 5.41 Å². The molecule has 10 aromatic carbocycles. The van der Waals surface area contributed by atoms with E-state index in [1.807, 2.05) is 0 Å². The lowest BCUT2D eigenvalue weighted by Crippen LogP contribution is -2.26. The molecule has 0 heterocycles. The van der Waals surface area contributed by atoms with Crippen molar-refractivity contribution in [1.82, 2.24) is 0 Å². The summed E-state index contributed by atoms with van der Waals surface area (Å²) in [5.41, 5.74) is 20.8. The Morgan fingerprint density at radius 1 is 0.255 bits per heavy atom. The number of rotatable bonds is 2. The molecule has 0 nitrogen and oxygen atoms in total. The monoisotopic (exact) mass is 692 g/mol. The summed E-state index contributed by atoms with van der Waals surface area (Å²) in [5.74, 6) is 0. The fourth-order valence-electron chi connectivity index (χ4n) is 10.8. The van der Waals surface area contributed by atoms with E-state index >= 15 is 0 Å². The first kappa shape index (κ1) is 29.4. The molecule has 0 unspecified atom stereocenters. The van der Waals surface area contributed by atoms with E-state index in [0.717, 1.165) is 0 Å². The first-order valence-electron chi connectivity index (χ1n) is 19.3. The molecule has 0 aliphatic heterocycles. The molecule has 3 aliphatic rings. The third-order valence-electron chi connectivity index (χ3n) is 13.0. The van der Waals surface area contributed by atoms with Crippen molar-refractivity contribution in [2.75, 3.05) is 0 Å². The Morgan fingerprint density at radius 2 is 0.800 bits per heavy atom. The van der Waals surface area contributed by atoms with Gasteiger partial charge in [-0.3, -0.25) is 0 Å². The molecule has 0 atom stereocenters. The molecule has 252 valence electrons. The predicted molar refractivity (Wildman–Crippen MR) is 231 cm³/mol. The first-order valence-corrected chi connectivity index (χ1v) is 19.3. The minimum atomic E-state index is -0.414. The van der Waals surface area contributed by atoms with Crippen molar-refractivity contribution in [2.45, 2.75) is 5.41 Å². The highest BCUT2D eigenvalue weighted by Crippen LogP contribution is 2.64. The fraction of sp³-hybridized carbons (Fsp3) is 0.0182. The van der Waals surface area contributed by atoms with E-state index in [-0.39, 0.29) is 0 Å². The quantitative estimate of drug-likeness (QED) is 0.169. The Kier molecular flexibility index (Phi) is 5.65. The summed E-state index contributed by atoms with van der Waals surface area (Å²) in [5, 5.41) is 7.81. The van der Waals surface area contributed by atoms with Crippen molar-refractivity contribution in [2.24, 2.45) is 0 Å². The molecular weight excluding hydrogens is 661 g/mol. The molecular formula is C55H32. The molecule has 55 heavy (non-hydrogen) atoms. The SMILES string of the molecule is c1ccc(-c2ccc3c4c(cccc24)-c2ccccc2-3)c(-c2ccc3c4c(ccc3c2)-c2cc3ccccc3cc2C42c3ccccc3-c3ccccc32)c1. The lowest BCUT2D eigenvalue weighted by atomic mass is 9.69. The lowest BCUT2D eigenvalue weighted by Gasteiger charge is -2.31. The predicted octanol–water partition coefficient (Wildman–Crippen LogP) is 14.5. The highest BCUT2D eigenvalue weighted by Gasteiger charge is 2.52. The van der Waals surface area contributed by atoms with Crippen LogP contribution >= 0.6 is 0 Å². The van der Waals surface area contributed by atoms with Gasteiger partial charge in [0, 0.05) is 0 Å². The number of hydrogen-bond donors (Lipinski definition) is 0. The second-order valence-corrected chi connectivity index (χ2v) is 15.5. The molecule has 0 aromatic heterocycles. The minimum Gasteiger partial charge on any atom is -0.0619 e. The Labute approximate surface area is 319 Å². The summed E-state index contributed by atoms with van der Waals surface area (Å²) in [4.78, 5) is 0. The van der Waals surface area contributed by atoms with Gasteiger partial charge in [0.2, 0.25) is 0 Å². The van der Waals surface area contributed by atoms with Crippen LogP contribution in [0.3, 0.4) is 0 Å². The van der Waals surface area contributed by atoms with E-state index in [0.29, 0.717) is 0 Å². The van der Waals surface area contributed by atoms with Gasteiger partial charge >= 0.3 is 0 Å². The summed E-state index contributed by atoms with van der Waals surface area (Å²) in [6.45, 7) is 0. The summed E-state index contributed by atoms with van der Waals surface area (Å²) in [6, 6.07) is 73.3. The number of fused-ring (bicyclic) bond motifs is 16. The van der Waals surface area contributed by atoms with Crippen LogP contribution in [0, 0.1) is 0 Å². The highest BCUT2D eigenvalue weighted by atomic mass is 14.5. The molecule has 0 saturated carbocycles. The van der Waals surface area contributed by atoms with Gasteiger partial charge in [0.1, 0.15) is 0 Å². The van der Waals surface area contributed by atoms with E-state index in [1.54, 1.807) is 0 Å². The molecule has 0 bridgehead atoms. The van der Waals surface area contributed by atoms with Crippen molar-refractivity contribution < 1.29 is 0 Å². The molecule has 3 aliphatic carbocycles. The Morgan fingerprint density at radius 3 is 1.53 bits per heavy atom. The molecule has 0 fully saturated rings. The summed E-state index contributed by atoms with van der Waals surface area (Å²) in [7, 11) is 0. The standard InChI is InChI=1S/C55H32/c1-2-13-34-32-52-49(31-33(34)12-1)48-27-25-36-30-35(24-26-38(36)54(48)55(52)50-22-9-7-18-43(50)44-19-8-10-23-51(44)55)37-14-3-4-15-39(37)42-28-29-47-41-17-6-5-16-40(41)45-20-11-21-46(42)53(45)47/h1-32H. The molecule has 1 spiro atoms. The van der Waals surface area contributed by atoms with Crippen molar-refractivity contribution in [3.8, 4) is 66.8 Å². The van der Waals surface area contributed by atoms with Crippen molar-refractivity contribution in [3.05, 3.63) is 216 Å². The Balaban J connectivity index is 1.06. The van der Waals surface area contributed by atoms with Crippen molar-refractivity contribution in [3.63, 3.8) is 0 Å². The summed E-state index contributed by atoms with van der Waals surface area (Å²) in [6.07, 6.45) is 0. The van der Waals surface area contributed by atoms with Crippen LogP contribution in [0.2, 0.25) is 0 Å². The third kappa shape index (κ3) is 3.67. The van der Waals surface area contributed by atoms with Gasteiger partial charge in [-0.25, -0.2) is 0 Å². The molecule has 0 heteroatoms.